The van der Waals surface area contributed by atoms with Crippen LogP contribution in [0.1, 0.15) is 19.3 Å². The minimum atomic E-state index is 0.103. The van der Waals surface area contributed by atoms with Gasteiger partial charge in [-0.3, -0.25) is 14.8 Å². The Morgan fingerprint density at radius 1 is 1.20 bits per heavy atom. The van der Waals surface area contributed by atoms with Gasteiger partial charge in [0.15, 0.2) is 0 Å². The van der Waals surface area contributed by atoms with Gasteiger partial charge >= 0.3 is 0 Å². The molecule has 0 aliphatic carbocycles. The smallest absolute Gasteiger partial charge is 0.229 e. The van der Waals surface area contributed by atoms with E-state index in [0.29, 0.717) is 12.1 Å². The lowest BCUT2D eigenvalue weighted by Gasteiger charge is -2.19. The van der Waals surface area contributed by atoms with Crippen LogP contribution in [0, 0.1) is 5.92 Å². The largest absolute Gasteiger partial charge is 0.326 e. The minimum Gasteiger partial charge on any atom is -0.326 e. The number of nitrogens with one attached hydrogen (secondary N) is 2. The fraction of sp³-hybridized carbons (Fsp3) is 0.400. The quantitative estimate of drug-likeness (QED) is 0.870. The summed E-state index contributed by atoms with van der Waals surface area (Å²) in [6.07, 6.45) is 6.62. The molecule has 1 aromatic carbocycles. The maximum Gasteiger partial charge on any atom is 0.229 e. The molecule has 0 saturated carbocycles. The number of benzene rings is 1. The zero-order valence-electron chi connectivity index (χ0n) is 11.0. The fourth-order valence-corrected chi connectivity index (χ4v) is 3.39. The van der Waals surface area contributed by atoms with Crippen molar-refractivity contribution >= 4 is 22.6 Å². The van der Waals surface area contributed by atoms with Crippen LogP contribution in [-0.2, 0) is 4.79 Å². The van der Waals surface area contributed by atoms with Gasteiger partial charge in [-0.2, -0.15) is 0 Å². The number of nitrogens with zero attached hydrogens (tertiary/aromatic N) is 2. The lowest BCUT2D eigenvalue weighted by Crippen LogP contribution is -2.32. The number of hydrogen-bond donors (Lipinski definition) is 2. The van der Waals surface area contributed by atoms with Gasteiger partial charge in [0.1, 0.15) is 0 Å². The molecule has 0 radical (unpaired) electrons. The van der Waals surface area contributed by atoms with E-state index in [9.17, 15) is 4.79 Å². The molecule has 2 N–H and O–H groups in total. The van der Waals surface area contributed by atoms with E-state index >= 15 is 0 Å². The van der Waals surface area contributed by atoms with Gasteiger partial charge in [-0.15, -0.1) is 0 Å². The van der Waals surface area contributed by atoms with Gasteiger partial charge in [0.2, 0.25) is 5.91 Å². The van der Waals surface area contributed by atoms with Crippen molar-refractivity contribution in [2.24, 2.45) is 5.92 Å². The molecule has 2 bridgehead atoms. The first-order valence-electron chi connectivity index (χ1n) is 7.07. The number of fused-ring (bicyclic) bond motifs is 3. The standard InChI is InChI=1S/C15H16N4O/c20-15(11-7-9-1-3-12(11)18-9)19-10-2-4-13-14(8-10)17-6-5-16-13/h2,4-6,8-9,11-12,18H,1,3,7H2,(H,19,20). The summed E-state index contributed by atoms with van der Waals surface area (Å²) in [6, 6.07) is 6.55. The summed E-state index contributed by atoms with van der Waals surface area (Å²) >= 11 is 0. The third-order valence-corrected chi connectivity index (χ3v) is 4.37. The number of anilines is 1. The minimum absolute atomic E-state index is 0.103. The second kappa shape index (κ2) is 4.52. The molecule has 2 aliphatic rings. The zero-order valence-corrected chi connectivity index (χ0v) is 11.0. The highest BCUT2D eigenvalue weighted by Crippen LogP contribution is 2.34. The van der Waals surface area contributed by atoms with Crippen LogP contribution < -0.4 is 10.6 Å². The Kier molecular flexibility index (Phi) is 2.67. The molecule has 102 valence electrons. The highest BCUT2D eigenvalue weighted by Gasteiger charge is 2.42. The van der Waals surface area contributed by atoms with E-state index in [-0.39, 0.29) is 11.8 Å². The zero-order chi connectivity index (χ0) is 13.5. The number of hydrogen-bond acceptors (Lipinski definition) is 4. The third kappa shape index (κ3) is 1.94. The van der Waals surface area contributed by atoms with Crippen LogP contribution in [-0.4, -0.2) is 28.0 Å². The van der Waals surface area contributed by atoms with E-state index in [1.165, 1.54) is 6.42 Å². The molecular weight excluding hydrogens is 252 g/mol. The second-order valence-corrected chi connectivity index (χ2v) is 5.64. The van der Waals surface area contributed by atoms with Gasteiger partial charge < -0.3 is 10.6 Å². The van der Waals surface area contributed by atoms with Crippen LogP contribution in [0.3, 0.4) is 0 Å². The third-order valence-electron chi connectivity index (χ3n) is 4.37. The average Bonchev–Trinajstić information content (AvgIpc) is 3.10. The summed E-state index contributed by atoms with van der Waals surface area (Å²) in [7, 11) is 0. The first kappa shape index (κ1) is 11.8. The number of amides is 1. The average molecular weight is 268 g/mol. The molecule has 5 heteroatoms. The van der Waals surface area contributed by atoms with Gasteiger partial charge in [-0.1, -0.05) is 0 Å². The van der Waals surface area contributed by atoms with Gasteiger partial charge in [-0.05, 0) is 37.5 Å². The molecule has 5 nitrogen and oxygen atoms in total. The highest BCUT2D eigenvalue weighted by molar-refractivity contribution is 5.95. The first-order valence-corrected chi connectivity index (χ1v) is 7.07. The van der Waals surface area contributed by atoms with Crippen LogP contribution in [0.15, 0.2) is 30.6 Å². The van der Waals surface area contributed by atoms with Crippen LogP contribution in [0.25, 0.3) is 11.0 Å². The summed E-state index contributed by atoms with van der Waals surface area (Å²) in [5.41, 5.74) is 2.44. The van der Waals surface area contributed by atoms with E-state index in [1.54, 1.807) is 12.4 Å². The molecule has 4 rings (SSSR count). The molecule has 1 aromatic heterocycles. The van der Waals surface area contributed by atoms with Crippen molar-refractivity contribution in [2.45, 2.75) is 31.3 Å². The molecule has 2 aliphatic heterocycles. The molecular formula is C15H16N4O. The van der Waals surface area contributed by atoms with Crippen LogP contribution in [0.2, 0.25) is 0 Å². The molecule has 2 saturated heterocycles. The maximum atomic E-state index is 12.4. The normalized spacial score (nSPS) is 27.9. The summed E-state index contributed by atoms with van der Waals surface area (Å²) in [4.78, 5) is 20.8. The van der Waals surface area contributed by atoms with Crippen LogP contribution in [0.4, 0.5) is 5.69 Å². The molecule has 3 unspecified atom stereocenters. The molecule has 3 atom stereocenters. The van der Waals surface area contributed by atoms with Crippen molar-refractivity contribution in [3.63, 3.8) is 0 Å². The monoisotopic (exact) mass is 268 g/mol. The summed E-state index contributed by atoms with van der Waals surface area (Å²) in [5.74, 6) is 0.222. The number of rotatable bonds is 2. The van der Waals surface area contributed by atoms with Crippen LogP contribution in [0.5, 0.6) is 0 Å². The van der Waals surface area contributed by atoms with Gasteiger partial charge in [0.25, 0.3) is 0 Å². The maximum absolute atomic E-state index is 12.4. The lowest BCUT2D eigenvalue weighted by atomic mass is 9.88. The molecule has 3 heterocycles. The highest BCUT2D eigenvalue weighted by atomic mass is 16.2. The summed E-state index contributed by atoms with van der Waals surface area (Å²) in [5, 5.41) is 6.51. The van der Waals surface area contributed by atoms with E-state index in [1.807, 2.05) is 18.2 Å². The number of carbonyl (C=O) groups is 1. The van der Waals surface area contributed by atoms with Gasteiger partial charge in [-0.25, -0.2) is 0 Å². The Labute approximate surface area is 116 Å². The Morgan fingerprint density at radius 3 is 2.80 bits per heavy atom. The van der Waals surface area contributed by atoms with Crippen molar-refractivity contribution in [3.05, 3.63) is 30.6 Å². The van der Waals surface area contributed by atoms with Crippen LogP contribution >= 0.6 is 0 Å². The van der Waals surface area contributed by atoms with Crippen molar-refractivity contribution in [1.82, 2.24) is 15.3 Å². The SMILES string of the molecule is O=C(Nc1ccc2nccnc2c1)C1CC2CCC1N2. The second-order valence-electron chi connectivity index (χ2n) is 5.64. The van der Waals surface area contributed by atoms with E-state index in [2.05, 4.69) is 20.6 Å². The molecule has 1 amide bonds. The Morgan fingerprint density at radius 2 is 2.05 bits per heavy atom. The molecule has 0 spiro atoms. The number of aromatic nitrogens is 2. The van der Waals surface area contributed by atoms with Crippen molar-refractivity contribution < 1.29 is 4.79 Å². The molecule has 2 fully saturated rings. The molecule has 2 aromatic rings. The topological polar surface area (TPSA) is 66.9 Å². The summed E-state index contributed by atoms with van der Waals surface area (Å²) < 4.78 is 0. The Balaban J connectivity index is 1.53. The Bertz CT molecular complexity index is 672. The first-order chi connectivity index (χ1) is 9.79. The number of carbonyl (C=O) groups excluding carboxylic acids is 1. The summed E-state index contributed by atoms with van der Waals surface area (Å²) in [6.45, 7) is 0. The van der Waals surface area contributed by atoms with E-state index < -0.39 is 0 Å². The van der Waals surface area contributed by atoms with E-state index in [4.69, 9.17) is 0 Å². The predicted octanol–water partition coefficient (Wildman–Crippen LogP) is 1.71. The van der Waals surface area contributed by atoms with Crippen molar-refractivity contribution in [2.75, 3.05) is 5.32 Å². The predicted molar refractivity (Wildman–Crippen MR) is 76.2 cm³/mol. The van der Waals surface area contributed by atoms with E-state index in [0.717, 1.165) is 29.6 Å². The van der Waals surface area contributed by atoms with Crippen molar-refractivity contribution in [1.29, 1.82) is 0 Å². The van der Waals surface area contributed by atoms with Gasteiger partial charge in [0.05, 0.1) is 17.0 Å². The molecule has 20 heavy (non-hydrogen) atoms. The van der Waals surface area contributed by atoms with Gasteiger partial charge in [0, 0.05) is 30.2 Å². The Hall–Kier alpha value is -2.01. The fourth-order valence-electron chi connectivity index (χ4n) is 3.39. The lowest BCUT2D eigenvalue weighted by molar-refractivity contribution is -0.120. The van der Waals surface area contributed by atoms with Crippen molar-refractivity contribution in [3.8, 4) is 0 Å².